The highest BCUT2D eigenvalue weighted by molar-refractivity contribution is 6.21. The highest BCUT2D eigenvalue weighted by Crippen LogP contribution is 2.33. The number of imidazole rings is 1. The van der Waals surface area contributed by atoms with Crippen LogP contribution in [0.5, 0.6) is 17.4 Å². The first-order valence-corrected chi connectivity index (χ1v) is 8.77. The third kappa shape index (κ3) is 3.42. The molecule has 0 fully saturated rings. The van der Waals surface area contributed by atoms with E-state index in [4.69, 9.17) is 9.47 Å². The number of nitrogens with one attached hydrogen (secondary N) is 2. The molecule has 3 aromatic rings. The van der Waals surface area contributed by atoms with Crippen LogP contribution in [-0.4, -0.2) is 35.5 Å². The second kappa shape index (κ2) is 7.48. The van der Waals surface area contributed by atoms with E-state index in [0.717, 1.165) is 22.4 Å². The summed E-state index contributed by atoms with van der Waals surface area (Å²) in [6.07, 6.45) is 3.61. The standard InChI is InChI=1S/C21H20N4O3/c1-27-18-8-7-13(9-19(18)28-2)11-23-21-24-17(20(26)25-21)10-14-12-22-16-6-4-3-5-15(14)16/h3-10,12,26H,11H2,1-2H3,(H2,23,24,25). The van der Waals surface area contributed by atoms with Crippen molar-refractivity contribution in [2.24, 2.45) is 4.99 Å². The minimum atomic E-state index is -0.0694. The number of nitrogens with zero attached hydrogens (tertiary/aromatic N) is 2. The molecule has 2 aromatic carbocycles. The van der Waals surface area contributed by atoms with Crippen LogP contribution in [0.2, 0.25) is 0 Å². The van der Waals surface area contributed by atoms with Crippen LogP contribution in [0.3, 0.4) is 0 Å². The van der Waals surface area contributed by atoms with Gasteiger partial charge in [-0.2, -0.15) is 4.98 Å². The minimum Gasteiger partial charge on any atom is -0.493 e. The number of para-hydroxylation sites is 1. The smallest absolute Gasteiger partial charge is 0.238 e. The predicted molar refractivity (Wildman–Crippen MR) is 110 cm³/mol. The highest BCUT2D eigenvalue weighted by Gasteiger charge is 2.14. The molecule has 7 heteroatoms. The summed E-state index contributed by atoms with van der Waals surface area (Å²) >= 11 is 0. The molecule has 0 amide bonds. The fourth-order valence-corrected chi connectivity index (χ4v) is 3.05. The Kier molecular flexibility index (Phi) is 4.72. The lowest BCUT2D eigenvalue weighted by atomic mass is 10.1. The SMILES string of the molecule is COc1ccc(CNc2nc(O)c(C=C3C=Nc4ccccc43)[nH]2)cc1OC. The predicted octanol–water partition coefficient (Wildman–Crippen LogP) is 4.00. The number of anilines is 1. The number of aromatic amines is 1. The van der Waals surface area contributed by atoms with Gasteiger partial charge in [0, 0.05) is 23.9 Å². The number of methoxy groups -OCH3 is 2. The molecule has 1 aromatic heterocycles. The number of allylic oxidation sites excluding steroid dienone is 1. The quantitative estimate of drug-likeness (QED) is 0.605. The number of benzene rings is 2. The van der Waals surface area contributed by atoms with Crippen molar-refractivity contribution in [2.75, 3.05) is 19.5 Å². The number of aliphatic imine (C=N–C) groups is 1. The monoisotopic (exact) mass is 376 g/mol. The maximum atomic E-state index is 10.2. The first-order valence-electron chi connectivity index (χ1n) is 8.77. The van der Waals surface area contributed by atoms with E-state index < -0.39 is 0 Å². The summed E-state index contributed by atoms with van der Waals surface area (Å²) in [7, 11) is 3.20. The third-order valence-corrected chi connectivity index (χ3v) is 4.48. The van der Waals surface area contributed by atoms with Crippen molar-refractivity contribution in [3.05, 3.63) is 59.3 Å². The first-order chi connectivity index (χ1) is 13.7. The Bertz CT molecular complexity index is 1070. The zero-order valence-corrected chi connectivity index (χ0v) is 15.6. The highest BCUT2D eigenvalue weighted by atomic mass is 16.5. The van der Waals surface area contributed by atoms with E-state index in [2.05, 4.69) is 20.3 Å². The molecule has 1 aliphatic rings. The Morgan fingerprint density at radius 2 is 1.93 bits per heavy atom. The lowest BCUT2D eigenvalue weighted by Gasteiger charge is -2.09. The van der Waals surface area contributed by atoms with Crippen molar-refractivity contribution < 1.29 is 14.6 Å². The second-order valence-corrected chi connectivity index (χ2v) is 6.24. The average molecular weight is 376 g/mol. The summed E-state index contributed by atoms with van der Waals surface area (Å²) < 4.78 is 10.6. The zero-order valence-electron chi connectivity index (χ0n) is 15.6. The first kappa shape index (κ1) is 17.7. The van der Waals surface area contributed by atoms with Gasteiger partial charge in [-0.1, -0.05) is 24.3 Å². The minimum absolute atomic E-state index is 0.0694. The molecule has 0 aliphatic carbocycles. The van der Waals surface area contributed by atoms with Crippen LogP contribution in [0, 0.1) is 0 Å². The molecule has 0 bridgehead atoms. The fourth-order valence-electron chi connectivity index (χ4n) is 3.05. The van der Waals surface area contributed by atoms with Gasteiger partial charge in [0.25, 0.3) is 0 Å². The van der Waals surface area contributed by atoms with E-state index in [-0.39, 0.29) is 5.88 Å². The summed E-state index contributed by atoms with van der Waals surface area (Å²) in [6.45, 7) is 0.508. The molecule has 0 radical (unpaired) electrons. The molecule has 0 unspecified atom stereocenters. The zero-order chi connectivity index (χ0) is 19.5. The molecule has 28 heavy (non-hydrogen) atoms. The number of rotatable bonds is 6. The molecule has 1 aliphatic heterocycles. The summed E-state index contributed by atoms with van der Waals surface area (Å²) in [5.41, 5.74) is 4.37. The van der Waals surface area contributed by atoms with E-state index in [9.17, 15) is 5.11 Å². The van der Waals surface area contributed by atoms with Gasteiger partial charge in [0.1, 0.15) is 5.69 Å². The van der Waals surface area contributed by atoms with Crippen molar-refractivity contribution in [1.29, 1.82) is 0 Å². The average Bonchev–Trinajstić information content (AvgIpc) is 3.30. The van der Waals surface area contributed by atoms with Crippen molar-refractivity contribution in [3.8, 4) is 17.4 Å². The van der Waals surface area contributed by atoms with Gasteiger partial charge in [0.2, 0.25) is 11.8 Å². The van der Waals surface area contributed by atoms with Gasteiger partial charge >= 0.3 is 0 Å². The maximum absolute atomic E-state index is 10.2. The van der Waals surface area contributed by atoms with Gasteiger partial charge in [-0.3, -0.25) is 4.99 Å². The fraction of sp³-hybridized carbons (Fsp3) is 0.143. The maximum Gasteiger partial charge on any atom is 0.238 e. The van der Waals surface area contributed by atoms with Crippen LogP contribution < -0.4 is 14.8 Å². The van der Waals surface area contributed by atoms with Gasteiger partial charge in [-0.25, -0.2) is 0 Å². The third-order valence-electron chi connectivity index (χ3n) is 4.48. The Labute approximate surface area is 162 Å². The van der Waals surface area contributed by atoms with Gasteiger partial charge in [0.15, 0.2) is 11.5 Å². The van der Waals surface area contributed by atoms with Crippen molar-refractivity contribution in [2.45, 2.75) is 6.54 Å². The van der Waals surface area contributed by atoms with E-state index >= 15 is 0 Å². The van der Waals surface area contributed by atoms with Gasteiger partial charge in [0.05, 0.1) is 19.9 Å². The molecule has 3 N–H and O–H groups in total. The van der Waals surface area contributed by atoms with Gasteiger partial charge < -0.3 is 24.9 Å². The van der Waals surface area contributed by atoms with E-state index in [1.54, 1.807) is 20.4 Å². The number of H-pyrrole nitrogens is 1. The molecule has 0 saturated heterocycles. The Hall–Kier alpha value is -3.74. The molecule has 2 heterocycles. The second-order valence-electron chi connectivity index (χ2n) is 6.24. The van der Waals surface area contributed by atoms with Crippen LogP contribution in [-0.2, 0) is 6.54 Å². The van der Waals surface area contributed by atoms with Crippen molar-refractivity contribution >= 4 is 29.5 Å². The summed E-state index contributed by atoms with van der Waals surface area (Å²) in [4.78, 5) is 11.6. The van der Waals surface area contributed by atoms with Gasteiger partial charge in [-0.15, -0.1) is 0 Å². The number of aromatic nitrogens is 2. The molecular weight excluding hydrogens is 356 g/mol. The molecular formula is C21H20N4O3. The van der Waals surface area contributed by atoms with Crippen LogP contribution in [0.1, 0.15) is 16.8 Å². The number of hydrogen-bond donors (Lipinski definition) is 3. The summed E-state index contributed by atoms with van der Waals surface area (Å²) in [5.74, 6) is 1.74. The lowest BCUT2D eigenvalue weighted by Crippen LogP contribution is -2.01. The number of ether oxygens (including phenoxy) is 2. The van der Waals surface area contributed by atoms with Crippen molar-refractivity contribution in [1.82, 2.24) is 9.97 Å². The molecule has 0 spiro atoms. The largest absolute Gasteiger partial charge is 0.493 e. The summed E-state index contributed by atoms with van der Waals surface area (Å²) in [6, 6.07) is 13.5. The topological polar surface area (TPSA) is 91.8 Å². The van der Waals surface area contributed by atoms with Crippen LogP contribution >= 0.6 is 0 Å². The number of hydrogen-bond acceptors (Lipinski definition) is 6. The normalized spacial score (nSPS) is 13.6. The number of fused-ring (bicyclic) bond motifs is 1. The molecule has 142 valence electrons. The lowest BCUT2D eigenvalue weighted by molar-refractivity contribution is 0.354. The van der Waals surface area contributed by atoms with Crippen LogP contribution in [0.15, 0.2) is 47.5 Å². The van der Waals surface area contributed by atoms with Crippen LogP contribution in [0.25, 0.3) is 11.6 Å². The number of aromatic hydroxyl groups is 1. The van der Waals surface area contributed by atoms with Crippen molar-refractivity contribution in [3.63, 3.8) is 0 Å². The molecule has 0 atom stereocenters. The van der Waals surface area contributed by atoms with E-state index in [1.165, 1.54) is 0 Å². The Balaban J connectivity index is 1.50. The molecule has 4 rings (SSSR count). The Morgan fingerprint density at radius 3 is 2.75 bits per heavy atom. The molecule has 7 nitrogen and oxygen atoms in total. The van der Waals surface area contributed by atoms with E-state index in [0.29, 0.717) is 29.7 Å². The van der Waals surface area contributed by atoms with E-state index in [1.807, 2.05) is 48.5 Å². The van der Waals surface area contributed by atoms with Crippen LogP contribution in [0.4, 0.5) is 11.6 Å². The van der Waals surface area contributed by atoms with Gasteiger partial charge in [-0.05, 0) is 29.8 Å². The molecule has 0 saturated carbocycles. The Morgan fingerprint density at radius 1 is 1.11 bits per heavy atom. The summed E-state index contributed by atoms with van der Waals surface area (Å²) in [5, 5.41) is 13.3.